The average molecular weight is 361 g/mol. The highest BCUT2D eigenvalue weighted by Crippen LogP contribution is 2.24. The Kier molecular flexibility index (Phi) is 5.58. The summed E-state index contributed by atoms with van der Waals surface area (Å²) in [6.45, 7) is 1.47. The monoisotopic (exact) mass is 361 g/mol. The van der Waals surface area contributed by atoms with Crippen LogP contribution in [0.3, 0.4) is 0 Å². The SMILES string of the molecule is O=C(O[C@@H](C(=O)N1CCOCC1)c1ccccc1)c1c(F)cccc1F. The number of hydrogen-bond donors (Lipinski definition) is 0. The topological polar surface area (TPSA) is 55.8 Å². The van der Waals surface area contributed by atoms with Gasteiger partial charge in [0.05, 0.1) is 13.2 Å². The second-order valence-electron chi connectivity index (χ2n) is 5.73. The summed E-state index contributed by atoms with van der Waals surface area (Å²) < 4.78 is 38.2. The zero-order valence-corrected chi connectivity index (χ0v) is 13.9. The van der Waals surface area contributed by atoms with Crippen LogP contribution in [-0.2, 0) is 14.3 Å². The predicted octanol–water partition coefficient (Wildman–Crippen LogP) is 2.72. The zero-order valence-electron chi connectivity index (χ0n) is 13.9. The average Bonchev–Trinajstić information content (AvgIpc) is 2.67. The van der Waals surface area contributed by atoms with E-state index in [9.17, 15) is 18.4 Å². The molecule has 1 atom stereocenters. The van der Waals surface area contributed by atoms with Crippen molar-refractivity contribution in [3.8, 4) is 0 Å². The number of rotatable bonds is 4. The molecule has 2 aromatic carbocycles. The lowest BCUT2D eigenvalue weighted by Gasteiger charge is -2.30. The molecular weight excluding hydrogens is 344 g/mol. The Bertz CT molecular complexity index is 771. The second kappa shape index (κ2) is 8.05. The van der Waals surface area contributed by atoms with Gasteiger partial charge in [0.2, 0.25) is 6.10 Å². The van der Waals surface area contributed by atoms with Gasteiger partial charge in [-0.1, -0.05) is 36.4 Å². The van der Waals surface area contributed by atoms with Crippen molar-refractivity contribution < 1.29 is 27.8 Å². The molecule has 0 unspecified atom stereocenters. The molecule has 0 N–H and O–H groups in total. The third kappa shape index (κ3) is 3.88. The lowest BCUT2D eigenvalue weighted by Crippen LogP contribution is -2.44. The minimum absolute atomic E-state index is 0.355. The van der Waals surface area contributed by atoms with Gasteiger partial charge in [0.15, 0.2) is 0 Å². The number of nitrogens with zero attached hydrogens (tertiary/aromatic N) is 1. The maximum atomic E-state index is 13.9. The highest BCUT2D eigenvalue weighted by Gasteiger charge is 2.32. The molecule has 0 aromatic heterocycles. The fraction of sp³-hybridized carbons (Fsp3) is 0.263. The van der Waals surface area contributed by atoms with E-state index in [0.717, 1.165) is 18.2 Å². The number of benzene rings is 2. The van der Waals surface area contributed by atoms with Crippen molar-refractivity contribution in [3.63, 3.8) is 0 Å². The molecule has 1 fully saturated rings. The summed E-state index contributed by atoms with van der Waals surface area (Å²) in [6, 6.07) is 11.4. The molecule has 1 heterocycles. The van der Waals surface area contributed by atoms with Crippen molar-refractivity contribution in [1.29, 1.82) is 0 Å². The van der Waals surface area contributed by atoms with Gasteiger partial charge in [0, 0.05) is 18.7 Å². The normalized spacial score (nSPS) is 15.4. The number of ether oxygens (including phenoxy) is 2. The summed E-state index contributed by atoms with van der Waals surface area (Å²) in [7, 11) is 0. The van der Waals surface area contributed by atoms with Gasteiger partial charge >= 0.3 is 5.97 Å². The van der Waals surface area contributed by atoms with E-state index < -0.39 is 35.2 Å². The Hall–Kier alpha value is -2.80. The molecule has 1 saturated heterocycles. The number of morpholine rings is 1. The van der Waals surface area contributed by atoms with Gasteiger partial charge in [-0.25, -0.2) is 13.6 Å². The molecule has 0 bridgehead atoms. The first-order valence-electron chi connectivity index (χ1n) is 8.14. The zero-order chi connectivity index (χ0) is 18.5. The fourth-order valence-corrected chi connectivity index (χ4v) is 2.70. The Balaban J connectivity index is 1.88. The molecule has 0 aliphatic carbocycles. The number of carbonyl (C=O) groups excluding carboxylic acids is 2. The Morgan fingerprint density at radius 1 is 0.962 bits per heavy atom. The molecule has 0 saturated carbocycles. The van der Waals surface area contributed by atoms with Gasteiger partial charge in [0.1, 0.15) is 17.2 Å². The summed E-state index contributed by atoms with van der Waals surface area (Å²) in [4.78, 5) is 26.7. The van der Waals surface area contributed by atoms with E-state index in [1.165, 1.54) is 4.90 Å². The second-order valence-corrected chi connectivity index (χ2v) is 5.73. The van der Waals surface area contributed by atoms with Gasteiger partial charge in [-0.05, 0) is 12.1 Å². The van der Waals surface area contributed by atoms with Crippen LogP contribution >= 0.6 is 0 Å². The quantitative estimate of drug-likeness (QED) is 0.786. The fourth-order valence-electron chi connectivity index (χ4n) is 2.70. The van der Waals surface area contributed by atoms with Crippen LogP contribution in [0.25, 0.3) is 0 Å². The van der Waals surface area contributed by atoms with Crippen LogP contribution in [0.2, 0.25) is 0 Å². The number of esters is 1. The van der Waals surface area contributed by atoms with E-state index in [-0.39, 0.29) is 0 Å². The molecule has 26 heavy (non-hydrogen) atoms. The predicted molar refractivity (Wildman–Crippen MR) is 88.4 cm³/mol. The highest BCUT2D eigenvalue weighted by atomic mass is 19.1. The van der Waals surface area contributed by atoms with E-state index >= 15 is 0 Å². The molecule has 5 nitrogen and oxygen atoms in total. The van der Waals surface area contributed by atoms with Crippen LogP contribution in [-0.4, -0.2) is 43.1 Å². The van der Waals surface area contributed by atoms with Crippen molar-refractivity contribution in [1.82, 2.24) is 4.90 Å². The minimum atomic E-state index is -1.29. The molecule has 0 spiro atoms. The minimum Gasteiger partial charge on any atom is -0.444 e. The standard InChI is InChI=1S/C19H17F2NO4/c20-14-7-4-8-15(21)16(14)19(24)26-17(13-5-2-1-3-6-13)18(23)22-9-11-25-12-10-22/h1-8,17H,9-12H2/t17-/m1/s1. The Morgan fingerprint density at radius 3 is 2.19 bits per heavy atom. The van der Waals surface area contributed by atoms with Crippen LogP contribution in [0.15, 0.2) is 48.5 Å². The van der Waals surface area contributed by atoms with Crippen LogP contribution in [0.1, 0.15) is 22.0 Å². The van der Waals surface area contributed by atoms with E-state index in [1.807, 2.05) is 0 Å². The van der Waals surface area contributed by atoms with Crippen LogP contribution in [0.5, 0.6) is 0 Å². The summed E-state index contributed by atoms with van der Waals surface area (Å²) in [5.41, 5.74) is -0.391. The lowest BCUT2D eigenvalue weighted by atomic mass is 10.1. The molecule has 136 valence electrons. The first-order chi connectivity index (χ1) is 12.6. The summed E-state index contributed by atoms with van der Waals surface area (Å²) >= 11 is 0. The molecule has 7 heteroatoms. The maximum absolute atomic E-state index is 13.9. The van der Waals surface area contributed by atoms with Crippen LogP contribution < -0.4 is 0 Å². The molecule has 0 radical (unpaired) electrons. The van der Waals surface area contributed by atoms with E-state index in [4.69, 9.17) is 9.47 Å². The van der Waals surface area contributed by atoms with Crippen molar-refractivity contribution in [2.24, 2.45) is 0 Å². The van der Waals surface area contributed by atoms with Gasteiger partial charge in [-0.2, -0.15) is 0 Å². The third-order valence-electron chi connectivity index (χ3n) is 4.04. The van der Waals surface area contributed by atoms with Crippen molar-refractivity contribution in [3.05, 3.63) is 71.3 Å². The molecular formula is C19H17F2NO4. The first kappa shape index (κ1) is 18.0. The van der Waals surface area contributed by atoms with Crippen LogP contribution in [0.4, 0.5) is 8.78 Å². The summed E-state index contributed by atoms with van der Waals surface area (Å²) in [5.74, 6) is -3.76. The highest BCUT2D eigenvalue weighted by molar-refractivity contribution is 5.93. The van der Waals surface area contributed by atoms with E-state index in [0.29, 0.717) is 31.9 Å². The number of carbonyl (C=O) groups is 2. The molecule has 2 aromatic rings. The van der Waals surface area contributed by atoms with E-state index in [2.05, 4.69) is 0 Å². The Morgan fingerprint density at radius 2 is 1.58 bits per heavy atom. The lowest BCUT2D eigenvalue weighted by molar-refractivity contribution is -0.145. The largest absolute Gasteiger partial charge is 0.444 e. The number of halogens is 2. The van der Waals surface area contributed by atoms with Gasteiger partial charge in [-0.3, -0.25) is 4.79 Å². The molecule has 1 amide bonds. The van der Waals surface area contributed by atoms with Crippen molar-refractivity contribution >= 4 is 11.9 Å². The Labute approximate surface area is 149 Å². The summed E-state index contributed by atoms with van der Waals surface area (Å²) in [6.07, 6.45) is -1.29. The third-order valence-corrected chi connectivity index (χ3v) is 4.04. The van der Waals surface area contributed by atoms with Gasteiger partial charge in [0.25, 0.3) is 5.91 Å². The van der Waals surface area contributed by atoms with Crippen LogP contribution in [0, 0.1) is 11.6 Å². The van der Waals surface area contributed by atoms with E-state index in [1.54, 1.807) is 30.3 Å². The van der Waals surface area contributed by atoms with Gasteiger partial charge < -0.3 is 14.4 Å². The van der Waals surface area contributed by atoms with Crippen molar-refractivity contribution in [2.75, 3.05) is 26.3 Å². The molecule has 1 aliphatic rings. The number of amides is 1. The number of hydrogen-bond acceptors (Lipinski definition) is 4. The first-order valence-corrected chi connectivity index (χ1v) is 8.14. The maximum Gasteiger partial charge on any atom is 0.345 e. The molecule has 1 aliphatic heterocycles. The molecule has 3 rings (SSSR count). The summed E-state index contributed by atoms with van der Waals surface area (Å²) in [5, 5.41) is 0. The van der Waals surface area contributed by atoms with Crippen molar-refractivity contribution in [2.45, 2.75) is 6.10 Å². The smallest absolute Gasteiger partial charge is 0.345 e. The van der Waals surface area contributed by atoms with Gasteiger partial charge in [-0.15, -0.1) is 0 Å².